The minimum atomic E-state index is -0.395. The first-order valence-corrected chi connectivity index (χ1v) is 10.9. The molecule has 0 spiro atoms. The van der Waals surface area contributed by atoms with E-state index in [2.05, 4.69) is 16.5 Å². The Labute approximate surface area is 182 Å². The monoisotopic (exact) mass is 419 g/mol. The smallest absolute Gasteiger partial charge is 0.274 e. The molecule has 0 bridgehead atoms. The Bertz CT molecular complexity index is 1160. The topological polar surface area (TPSA) is 73.2 Å². The second-order valence-electron chi connectivity index (χ2n) is 8.58. The normalized spacial score (nSPS) is 15.4. The molecule has 1 heterocycles. The van der Waals surface area contributed by atoms with Gasteiger partial charge in [0.25, 0.3) is 5.56 Å². The van der Waals surface area contributed by atoms with Crippen molar-refractivity contribution in [2.75, 3.05) is 7.11 Å². The molecule has 6 heteroatoms. The maximum absolute atomic E-state index is 13.2. The van der Waals surface area contributed by atoms with Crippen molar-refractivity contribution in [3.05, 3.63) is 70.1 Å². The summed E-state index contributed by atoms with van der Waals surface area (Å²) >= 11 is 0. The predicted octanol–water partition coefficient (Wildman–Crippen LogP) is 4.11. The molecule has 162 valence electrons. The maximum atomic E-state index is 13.2. The number of ether oxygens (including phenoxy) is 1. The third-order valence-electron chi connectivity index (χ3n) is 6.18. The van der Waals surface area contributed by atoms with Gasteiger partial charge in [-0.15, -0.1) is 0 Å². The highest BCUT2D eigenvalue weighted by Gasteiger charge is 2.37. The van der Waals surface area contributed by atoms with E-state index in [9.17, 15) is 9.59 Å². The molecule has 1 fully saturated rings. The maximum Gasteiger partial charge on any atom is 0.274 e. The van der Waals surface area contributed by atoms with Gasteiger partial charge in [-0.1, -0.05) is 43.2 Å². The van der Waals surface area contributed by atoms with E-state index in [0.717, 1.165) is 42.4 Å². The summed E-state index contributed by atoms with van der Waals surface area (Å²) in [7, 11) is 1.65. The Balaban J connectivity index is 1.67. The summed E-state index contributed by atoms with van der Waals surface area (Å²) in [6.45, 7) is 3.84. The zero-order chi connectivity index (χ0) is 22.0. The molecule has 0 atom stereocenters. The SMILES string of the molecule is COc1cccc(C2(NC(=O)Cc3nn(C(C)C)c(=O)c4ccccc34)CCCC2)c1. The molecule has 1 aromatic heterocycles. The van der Waals surface area contributed by atoms with Crippen LogP contribution in [0.5, 0.6) is 5.75 Å². The quantitative estimate of drug-likeness (QED) is 0.652. The Kier molecular flexibility index (Phi) is 5.81. The average Bonchev–Trinajstić information content (AvgIpc) is 3.25. The van der Waals surface area contributed by atoms with Crippen molar-refractivity contribution >= 4 is 16.7 Å². The summed E-state index contributed by atoms with van der Waals surface area (Å²) in [6, 6.07) is 15.2. The number of carbonyl (C=O) groups is 1. The lowest BCUT2D eigenvalue weighted by Gasteiger charge is -2.31. The van der Waals surface area contributed by atoms with Crippen LogP contribution in [0.1, 0.15) is 56.8 Å². The van der Waals surface area contributed by atoms with Crippen LogP contribution >= 0.6 is 0 Å². The fraction of sp³-hybridized carbons (Fsp3) is 0.400. The summed E-state index contributed by atoms with van der Waals surface area (Å²) in [5, 5.41) is 9.21. The molecule has 3 aromatic rings. The van der Waals surface area contributed by atoms with Crippen molar-refractivity contribution in [2.24, 2.45) is 0 Å². The zero-order valence-corrected chi connectivity index (χ0v) is 18.4. The molecular formula is C25H29N3O3. The summed E-state index contributed by atoms with van der Waals surface area (Å²) < 4.78 is 6.87. The highest BCUT2D eigenvalue weighted by Crippen LogP contribution is 2.39. The lowest BCUT2D eigenvalue weighted by molar-refractivity contribution is -0.122. The fourth-order valence-electron chi connectivity index (χ4n) is 4.60. The lowest BCUT2D eigenvalue weighted by Crippen LogP contribution is -2.44. The molecule has 0 saturated heterocycles. The van der Waals surface area contributed by atoms with Crippen LogP contribution in [0.2, 0.25) is 0 Å². The summed E-state index contributed by atoms with van der Waals surface area (Å²) in [6.07, 6.45) is 4.05. The van der Waals surface area contributed by atoms with Gasteiger partial charge in [0.1, 0.15) is 5.75 Å². The summed E-state index contributed by atoms with van der Waals surface area (Å²) in [4.78, 5) is 26.0. The number of amides is 1. The second-order valence-corrected chi connectivity index (χ2v) is 8.58. The third-order valence-corrected chi connectivity index (χ3v) is 6.18. The van der Waals surface area contributed by atoms with E-state index >= 15 is 0 Å². The van der Waals surface area contributed by atoms with Gasteiger partial charge in [-0.05, 0) is 50.5 Å². The number of aromatic nitrogens is 2. The molecule has 6 nitrogen and oxygen atoms in total. The Morgan fingerprint density at radius 1 is 1.13 bits per heavy atom. The van der Waals surface area contributed by atoms with E-state index in [4.69, 9.17) is 4.74 Å². The minimum absolute atomic E-state index is 0.0862. The molecular weight excluding hydrogens is 390 g/mol. The Morgan fingerprint density at radius 3 is 2.52 bits per heavy atom. The van der Waals surface area contributed by atoms with Crippen LogP contribution < -0.4 is 15.6 Å². The van der Waals surface area contributed by atoms with Crippen molar-refractivity contribution < 1.29 is 9.53 Å². The van der Waals surface area contributed by atoms with Gasteiger partial charge in [0, 0.05) is 5.39 Å². The third kappa shape index (κ3) is 4.07. The minimum Gasteiger partial charge on any atom is -0.497 e. The number of nitrogens with zero attached hydrogens (tertiary/aromatic N) is 2. The standard InChI is InChI=1S/C25H29N3O3/c1-17(2)28-24(30)21-12-5-4-11-20(21)22(27-28)16-23(29)26-25(13-6-7-14-25)18-9-8-10-19(15-18)31-3/h4-5,8-12,15,17H,6-7,13-14,16H2,1-3H3,(H,26,29). The molecule has 2 aromatic carbocycles. The van der Waals surface area contributed by atoms with Crippen LogP contribution in [0.4, 0.5) is 0 Å². The molecule has 1 aliphatic rings. The molecule has 0 radical (unpaired) electrons. The molecule has 1 saturated carbocycles. The Hall–Kier alpha value is -3.15. The number of hydrogen-bond acceptors (Lipinski definition) is 4. The van der Waals surface area contributed by atoms with Crippen molar-refractivity contribution in [3.8, 4) is 5.75 Å². The van der Waals surface area contributed by atoms with Gasteiger partial charge in [0.15, 0.2) is 0 Å². The first-order valence-electron chi connectivity index (χ1n) is 10.9. The van der Waals surface area contributed by atoms with E-state index in [1.807, 2.05) is 50.2 Å². The number of rotatable bonds is 6. The van der Waals surface area contributed by atoms with Gasteiger partial charge in [-0.25, -0.2) is 4.68 Å². The van der Waals surface area contributed by atoms with E-state index < -0.39 is 5.54 Å². The lowest BCUT2D eigenvalue weighted by atomic mass is 9.87. The van der Waals surface area contributed by atoms with Crippen LogP contribution in [-0.2, 0) is 16.8 Å². The van der Waals surface area contributed by atoms with Crippen molar-refractivity contribution in [2.45, 2.75) is 57.5 Å². The summed E-state index contributed by atoms with van der Waals surface area (Å²) in [5.41, 5.74) is 1.18. The van der Waals surface area contributed by atoms with Crippen LogP contribution in [-0.4, -0.2) is 22.8 Å². The molecule has 1 amide bonds. The zero-order valence-electron chi connectivity index (χ0n) is 18.4. The number of fused-ring (bicyclic) bond motifs is 1. The van der Waals surface area contributed by atoms with E-state index in [1.54, 1.807) is 13.2 Å². The number of nitrogens with one attached hydrogen (secondary N) is 1. The van der Waals surface area contributed by atoms with Gasteiger partial charge >= 0.3 is 0 Å². The van der Waals surface area contributed by atoms with Crippen molar-refractivity contribution in [1.82, 2.24) is 15.1 Å². The number of hydrogen-bond donors (Lipinski definition) is 1. The van der Waals surface area contributed by atoms with Gasteiger partial charge in [-0.3, -0.25) is 9.59 Å². The second kappa shape index (κ2) is 8.53. The van der Waals surface area contributed by atoms with Crippen LogP contribution in [0.15, 0.2) is 53.3 Å². The van der Waals surface area contributed by atoms with Crippen LogP contribution in [0, 0.1) is 0 Å². The molecule has 31 heavy (non-hydrogen) atoms. The highest BCUT2D eigenvalue weighted by molar-refractivity contribution is 5.88. The molecule has 1 N–H and O–H groups in total. The summed E-state index contributed by atoms with van der Waals surface area (Å²) in [5.74, 6) is 0.700. The van der Waals surface area contributed by atoms with Crippen molar-refractivity contribution in [1.29, 1.82) is 0 Å². The first-order chi connectivity index (χ1) is 14.9. The fourth-order valence-corrected chi connectivity index (χ4v) is 4.60. The number of carbonyl (C=O) groups excluding carboxylic acids is 1. The largest absolute Gasteiger partial charge is 0.497 e. The van der Waals surface area contributed by atoms with Crippen LogP contribution in [0.25, 0.3) is 10.8 Å². The van der Waals surface area contributed by atoms with E-state index in [0.29, 0.717) is 11.1 Å². The van der Waals surface area contributed by atoms with E-state index in [1.165, 1.54) is 4.68 Å². The molecule has 1 aliphatic carbocycles. The first kappa shape index (κ1) is 21.1. The molecule has 4 rings (SSSR count). The number of methoxy groups -OCH3 is 1. The molecule has 0 unspecified atom stereocenters. The van der Waals surface area contributed by atoms with Crippen molar-refractivity contribution in [3.63, 3.8) is 0 Å². The van der Waals surface area contributed by atoms with E-state index in [-0.39, 0.29) is 23.9 Å². The molecule has 0 aliphatic heterocycles. The Morgan fingerprint density at radius 2 is 1.84 bits per heavy atom. The number of benzene rings is 2. The highest BCUT2D eigenvalue weighted by atomic mass is 16.5. The van der Waals surface area contributed by atoms with Gasteiger partial charge in [-0.2, -0.15) is 5.10 Å². The predicted molar refractivity (Wildman–Crippen MR) is 121 cm³/mol. The average molecular weight is 420 g/mol. The van der Waals surface area contributed by atoms with Gasteiger partial charge < -0.3 is 10.1 Å². The van der Waals surface area contributed by atoms with Crippen LogP contribution in [0.3, 0.4) is 0 Å². The van der Waals surface area contributed by atoms with Gasteiger partial charge in [0.2, 0.25) is 5.91 Å². The van der Waals surface area contributed by atoms with Gasteiger partial charge in [0.05, 0.1) is 36.2 Å².